The van der Waals surface area contributed by atoms with Gasteiger partial charge in [-0.25, -0.2) is 0 Å². The minimum Gasteiger partial charge on any atom is -0.314 e. The van der Waals surface area contributed by atoms with Gasteiger partial charge in [0.25, 0.3) is 0 Å². The van der Waals surface area contributed by atoms with Crippen LogP contribution in [0.1, 0.15) is 42.4 Å². The normalized spacial score (nSPS) is 12.7. The van der Waals surface area contributed by atoms with Crippen LogP contribution in [0, 0.1) is 0 Å². The molecule has 2 aromatic rings. The SMILES string of the molecule is CCCNC(CCCc1cccs1)CCc1cccs1. The fourth-order valence-electron chi connectivity index (χ4n) is 2.45. The van der Waals surface area contributed by atoms with Crippen LogP contribution in [0.2, 0.25) is 0 Å². The van der Waals surface area contributed by atoms with Crippen LogP contribution in [0.15, 0.2) is 35.0 Å². The molecule has 1 nitrogen and oxygen atoms in total. The average molecular weight is 308 g/mol. The molecular weight excluding hydrogens is 282 g/mol. The minimum atomic E-state index is 0.678. The quantitative estimate of drug-likeness (QED) is 0.641. The summed E-state index contributed by atoms with van der Waals surface area (Å²) in [6.07, 6.45) is 7.54. The number of hydrogen-bond donors (Lipinski definition) is 1. The third kappa shape index (κ3) is 5.78. The zero-order valence-corrected chi connectivity index (χ0v) is 13.9. The lowest BCUT2D eigenvalue weighted by Crippen LogP contribution is -2.30. The van der Waals surface area contributed by atoms with Gasteiger partial charge in [-0.05, 0) is 68.0 Å². The maximum absolute atomic E-state index is 3.72. The second kappa shape index (κ2) is 9.32. The van der Waals surface area contributed by atoms with Crippen molar-refractivity contribution < 1.29 is 0 Å². The minimum absolute atomic E-state index is 0.678. The topological polar surface area (TPSA) is 12.0 Å². The second-order valence-corrected chi connectivity index (χ2v) is 7.31. The maximum Gasteiger partial charge on any atom is 0.00706 e. The van der Waals surface area contributed by atoms with Gasteiger partial charge in [0.05, 0.1) is 0 Å². The fraction of sp³-hybridized carbons (Fsp3) is 0.529. The van der Waals surface area contributed by atoms with E-state index in [1.165, 1.54) is 48.3 Å². The zero-order chi connectivity index (χ0) is 14.0. The summed E-state index contributed by atoms with van der Waals surface area (Å²) in [5.74, 6) is 0. The van der Waals surface area contributed by atoms with E-state index in [-0.39, 0.29) is 0 Å². The van der Waals surface area contributed by atoms with E-state index >= 15 is 0 Å². The van der Waals surface area contributed by atoms with E-state index < -0.39 is 0 Å². The fourth-order valence-corrected chi connectivity index (χ4v) is 3.92. The smallest absolute Gasteiger partial charge is 0.00706 e. The highest BCUT2D eigenvalue weighted by atomic mass is 32.1. The molecule has 0 aliphatic heterocycles. The second-order valence-electron chi connectivity index (χ2n) is 5.24. The number of thiophene rings is 2. The molecule has 2 heterocycles. The highest BCUT2D eigenvalue weighted by Crippen LogP contribution is 2.16. The van der Waals surface area contributed by atoms with Crippen molar-refractivity contribution >= 4 is 22.7 Å². The molecule has 0 spiro atoms. The average Bonchev–Trinajstić information content (AvgIpc) is 3.14. The van der Waals surface area contributed by atoms with Gasteiger partial charge in [-0.3, -0.25) is 0 Å². The molecule has 110 valence electrons. The molecular formula is C17H25NS2. The molecule has 0 saturated heterocycles. The van der Waals surface area contributed by atoms with Gasteiger partial charge in [0.2, 0.25) is 0 Å². The maximum atomic E-state index is 3.72. The van der Waals surface area contributed by atoms with Crippen LogP contribution >= 0.6 is 22.7 Å². The molecule has 2 rings (SSSR count). The predicted octanol–water partition coefficient (Wildman–Crippen LogP) is 5.13. The Bertz CT molecular complexity index is 434. The van der Waals surface area contributed by atoms with Crippen molar-refractivity contribution in [1.29, 1.82) is 0 Å². The zero-order valence-electron chi connectivity index (χ0n) is 12.3. The van der Waals surface area contributed by atoms with E-state index in [9.17, 15) is 0 Å². The first-order valence-electron chi connectivity index (χ1n) is 7.66. The summed E-state index contributed by atoms with van der Waals surface area (Å²) in [4.78, 5) is 3.05. The molecule has 1 atom stereocenters. The summed E-state index contributed by atoms with van der Waals surface area (Å²) in [5, 5.41) is 8.08. The van der Waals surface area contributed by atoms with E-state index in [4.69, 9.17) is 0 Å². The van der Waals surface area contributed by atoms with Crippen LogP contribution in [0.3, 0.4) is 0 Å². The number of hydrogen-bond acceptors (Lipinski definition) is 3. The molecule has 0 saturated carbocycles. The Balaban J connectivity index is 1.71. The highest BCUT2D eigenvalue weighted by molar-refractivity contribution is 7.10. The van der Waals surface area contributed by atoms with Crippen LogP contribution in [0.25, 0.3) is 0 Å². The van der Waals surface area contributed by atoms with Gasteiger partial charge in [0, 0.05) is 15.8 Å². The Morgan fingerprint density at radius 1 is 1.00 bits per heavy atom. The summed E-state index contributed by atoms with van der Waals surface area (Å²) >= 11 is 3.77. The van der Waals surface area contributed by atoms with Crippen molar-refractivity contribution in [3.05, 3.63) is 44.8 Å². The van der Waals surface area contributed by atoms with E-state index in [1.54, 1.807) is 0 Å². The molecule has 2 aromatic heterocycles. The van der Waals surface area contributed by atoms with Gasteiger partial charge in [-0.15, -0.1) is 22.7 Å². The van der Waals surface area contributed by atoms with Gasteiger partial charge in [-0.2, -0.15) is 0 Å². The summed E-state index contributed by atoms with van der Waals surface area (Å²) in [6.45, 7) is 3.39. The monoisotopic (exact) mass is 307 g/mol. The Morgan fingerprint density at radius 3 is 2.30 bits per heavy atom. The third-order valence-corrected chi connectivity index (χ3v) is 5.43. The van der Waals surface area contributed by atoms with Crippen molar-refractivity contribution in [1.82, 2.24) is 5.32 Å². The van der Waals surface area contributed by atoms with Crippen LogP contribution < -0.4 is 5.32 Å². The highest BCUT2D eigenvalue weighted by Gasteiger charge is 2.08. The molecule has 1 N–H and O–H groups in total. The van der Waals surface area contributed by atoms with Crippen molar-refractivity contribution in [2.45, 2.75) is 51.5 Å². The number of nitrogens with one attached hydrogen (secondary N) is 1. The molecule has 0 aliphatic carbocycles. The van der Waals surface area contributed by atoms with Gasteiger partial charge in [-0.1, -0.05) is 19.1 Å². The first kappa shape index (κ1) is 15.7. The lowest BCUT2D eigenvalue weighted by Gasteiger charge is -2.18. The Hall–Kier alpha value is -0.640. The van der Waals surface area contributed by atoms with E-state index in [1.807, 2.05) is 22.7 Å². The van der Waals surface area contributed by atoms with Crippen molar-refractivity contribution in [3.8, 4) is 0 Å². The number of aryl methyl sites for hydroxylation is 2. The summed E-state index contributed by atoms with van der Waals surface area (Å²) in [7, 11) is 0. The molecule has 3 heteroatoms. The standard InChI is InChI=1S/C17H25NS2/c1-2-12-18-15(10-11-17-9-5-14-20-17)6-3-7-16-8-4-13-19-16/h4-5,8-9,13-15,18H,2-3,6-7,10-12H2,1H3. The van der Waals surface area contributed by atoms with Gasteiger partial charge < -0.3 is 5.32 Å². The van der Waals surface area contributed by atoms with Gasteiger partial charge in [0.15, 0.2) is 0 Å². The van der Waals surface area contributed by atoms with Crippen LogP contribution in [0.4, 0.5) is 0 Å². The molecule has 20 heavy (non-hydrogen) atoms. The van der Waals surface area contributed by atoms with Crippen LogP contribution in [-0.4, -0.2) is 12.6 Å². The van der Waals surface area contributed by atoms with Crippen LogP contribution in [-0.2, 0) is 12.8 Å². The molecule has 0 fully saturated rings. The largest absolute Gasteiger partial charge is 0.314 e. The van der Waals surface area contributed by atoms with Crippen LogP contribution in [0.5, 0.6) is 0 Å². The molecule has 0 amide bonds. The third-order valence-electron chi connectivity index (χ3n) is 3.56. The van der Waals surface area contributed by atoms with Crippen molar-refractivity contribution in [2.75, 3.05) is 6.54 Å². The van der Waals surface area contributed by atoms with E-state index in [0.29, 0.717) is 6.04 Å². The number of rotatable bonds is 10. The summed E-state index contributed by atoms with van der Waals surface area (Å²) in [5.41, 5.74) is 0. The Morgan fingerprint density at radius 2 is 1.70 bits per heavy atom. The Kier molecular flexibility index (Phi) is 7.34. The molecule has 0 bridgehead atoms. The molecule has 0 aromatic carbocycles. The lowest BCUT2D eigenvalue weighted by molar-refractivity contribution is 0.443. The van der Waals surface area contributed by atoms with Crippen molar-refractivity contribution in [2.24, 2.45) is 0 Å². The van der Waals surface area contributed by atoms with E-state index in [2.05, 4.69) is 47.3 Å². The van der Waals surface area contributed by atoms with Gasteiger partial charge >= 0.3 is 0 Å². The first-order chi connectivity index (χ1) is 9.88. The first-order valence-corrected chi connectivity index (χ1v) is 9.42. The van der Waals surface area contributed by atoms with Crippen molar-refractivity contribution in [3.63, 3.8) is 0 Å². The van der Waals surface area contributed by atoms with Gasteiger partial charge in [0.1, 0.15) is 0 Å². The summed E-state index contributed by atoms with van der Waals surface area (Å²) in [6, 6.07) is 9.50. The molecule has 0 aliphatic rings. The molecule has 1 unspecified atom stereocenters. The Labute approximate surface area is 131 Å². The molecule has 0 radical (unpaired) electrons. The summed E-state index contributed by atoms with van der Waals surface area (Å²) < 4.78 is 0. The predicted molar refractivity (Wildman–Crippen MR) is 92.0 cm³/mol. The van der Waals surface area contributed by atoms with E-state index in [0.717, 1.165) is 6.54 Å². The lowest BCUT2D eigenvalue weighted by atomic mass is 10.0.